The summed E-state index contributed by atoms with van der Waals surface area (Å²) in [5.74, 6) is 0.250. The first kappa shape index (κ1) is 6.02. The fraction of sp³-hybridized carbons (Fsp3) is 1.00. The molecule has 8 heavy (non-hydrogen) atoms. The molecule has 0 spiro atoms. The van der Waals surface area contributed by atoms with E-state index in [4.69, 9.17) is 0 Å². The third-order valence-corrected chi connectivity index (χ3v) is 1.70. The first-order chi connectivity index (χ1) is 3.70. The van der Waals surface area contributed by atoms with E-state index in [-0.39, 0.29) is 5.92 Å². The van der Waals surface area contributed by atoms with E-state index in [1.165, 1.54) is 0 Å². The molecular formula is C6H12FN. The van der Waals surface area contributed by atoms with Gasteiger partial charge in [-0.15, -0.1) is 0 Å². The third-order valence-electron chi connectivity index (χ3n) is 1.70. The lowest BCUT2D eigenvalue weighted by Gasteiger charge is -2.02. The van der Waals surface area contributed by atoms with Gasteiger partial charge in [0.2, 0.25) is 0 Å². The first-order valence-electron chi connectivity index (χ1n) is 3.03. The van der Waals surface area contributed by atoms with Gasteiger partial charge in [-0.05, 0) is 7.05 Å². The van der Waals surface area contributed by atoms with E-state index in [2.05, 4.69) is 0 Å². The molecule has 1 rings (SSSR count). The molecule has 1 heterocycles. The molecule has 0 aromatic rings. The maximum atomic E-state index is 12.5. The molecule has 48 valence electrons. The van der Waals surface area contributed by atoms with E-state index in [1.54, 1.807) is 0 Å². The SMILES string of the molecule is CC1CN(C)C[C@@H]1F. The second-order valence-electron chi connectivity index (χ2n) is 2.71. The summed E-state index contributed by atoms with van der Waals surface area (Å²) in [5.41, 5.74) is 0. The summed E-state index contributed by atoms with van der Waals surface area (Å²) in [4.78, 5) is 2.02. The van der Waals surface area contributed by atoms with E-state index >= 15 is 0 Å². The number of rotatable bonds is 0. The molecule has 0 aliphatic carbocycles. The van der Waals surface area contributed by atoms with Gasteiger partial charge in [0.05, 0.1) is 0 Å². The molecule has 0 aromatic heterocycles. The molecule has 0 amide bonds. The molecule has 1 nitrogen and oxygen atoms in total. The zero-order valence-electron chi connectivity index (χ0n) is 5.39. The number of alkyl halides is 1. The minimum absolute atomic E-state index is 0.250. The molecule has 0 saturated carbocycles. The molecular weight excluding hydrogens is 105 g/mol. The van der Waals surface area contributed by atoms with Crippen LogP contribution < -0.4 is 0 Å². The van der Waals surface area contributed by atoms with Crippen molar-refractivity contribution in [3.05, 3.63) is 0 Å². The van der Waals surface area contributed by atoms with Crippen LogP contribution in [-0.2, 0) is 0 Å². The van der Waals surface area contributed by atoms with Crippen LogP contribution in [0, 0.1) is 5.92 Å². The highest BCUT2D eigenvalue weighted by molar-refractivity contribution is 4.78. The number of likely N-dealkylation sites (tertiary alicyclic amines) is 1. The van der Waals surface area contributed by atoms with Gasteiger partial charge in [0.1, 0.15) is 6.17 Å². The zero-order valence-corrected chi connectivity index (χ0v) is 5.39. The highest BCUT2D eigenvalue weighted by Crippen LogP contribution is 2.16. The van der Waals surface area contributed by atoms with Crippen molar-refractivity contribution in [2.45, 2.75) is 13.1 Å². The van der Waals surface area contributed by atoms with Gasteiger partial charge in [-0.25, -0.2) is 4.39 Å². The fourth-order valence-corrected chi connectivity index (χ4v) is 1.16. The van der Waals surface area contributed by atoms with Gasteiger partial charge < -0.3 is 4.90 Å². The van der Waals surface area contributed by atoms with Crippen LogP contribution in [0.2, 0.25) is 0 Å². The Kier molecular flexibility index (Phi) is 1.52. The lowest BCUT2D eigenvalue weighted by atomic mass is 10.1. The summed E-state index contributed by atoms with van der Waals surface area (Å²) in [5, 5.41) is 0. The summed E-state index contributed by atoms with van der Waals surface area (Å²) in [7, 11) is 1.95. The second kappa shape index (κ2) is 2.02. The van der Waals surface area contributed by atoms with E-state index in [1.807, 2.05) is 18.9 Å². The summed E-state index contributed by atoms with van der Waals surface area (Å²) in [6.45, 7) is 3.50. The predicted molar refractivity (Wildman–Crippen MR) is 31.6 cm³/mol. The molecule has 0 aromatic carbocycles. The fourth-order valence-electron chi connectivity index (χ4n) is 1.16. The van der Waals surface area contributed by atoms with Crippen molar-refractivity contribution in [1.29, 1.82) is 0 Å². The van der Waals surface area contributed by atoms with Crippen molar-refractivity contribution < 1.29 is 4.39 Å². The van der Waals surface area contributed by atoms with Crippen LogP contribution in [0.4, 0.5) is 4.39 Å². The van der Waals surface area contributed by atoms with Gasteiger partial charge in [0.15, 0.2) is 0 Å². The van der Waals surface area contributed by atoms with Crippen molar-refractivity contribution in [3.8, 4) is 0 Å². The molecule has 2 heteroatoms. The van der Waals surface area contributed by atoms with Crippen LogP contribution in [0.1, 0.15) is 6.92 Å². The average Bonchev–Trinajstić information content (AvgIpc) is 1.85. The Balaban J connectivity index is 2.39. The summed E-state index contributed by atoms with van der Waals surface area (Å²) in [6, 6.07) is 0. The van der Waals surface area contributed by atoms with Crippen molar-refractivity contribution in [2.75, 3.05) is 20.1 Å². The lowest BCUT2D eigenvalue weighted by Crippen LogP contribution is -2.13. The van der Waals surface area contributed by atoms with E-state index < -0.39 is 6.17 Å². The van der Waals surface area contributed by atoms with Gasteiger partial charge in [-0.1, -0.05) is 6.92 Å². The van der Waals surface area contributed by atoms with Crippen molar-refractivity contribution in [1.82, 2.24) is 4.90 Å². The van der Waals surface area contributed by atoms with Gasteiger partial charge in [-0.2, -0.15) is 0 Å². The smallest absolute Gasteiger partial charge is 0.116 e. The molecule has 1 saturated heterocycles. The van der Waals surface area contributed by atoms with Crippen molar-refractivity contribution in [2.24, 2.45) is 5.92 Å². The summed E-state index contributed by atoms with van der Waals surface area (Å²) >= 11 is 0. The number of halogens is 1. The molecule has 0 N–H and O–H groups in total. The van der Waals surface area contributed by atoms with E-state index in [0.717, 1.165) is 6.54 Å². The molecule has 1 fully saturated rings. The topological polar surface area (TPSA) is 3.24 Å². The Bertz CT molecular complexity index is 74.6. The van der Waals surface area contributed by atoms with Crippen LogP contribution in [0.5, 0.6) is 0 Å². The third kappa shape index (κ3) is 0.996. The van der Waals surface area contributed by atoms with Gasteiger partial charge in [0, 0.05) is 19.0 Å². The standard InChI is InChI=1S/C6H12FN/c1-5-3-8(2)4-6(5)7/h5-6H,3-4H2,1-2H3/t5?,6-/m0/s1. The Morgan fingerprint density at radius 1 is 1.50 bits per heavy atom. The minimum atomic E-state index is -0.583. The highest BCUT2D eigenvalue weighted by Gasteiger charge is 2.26. The van der Waals surface area contributed by atoms with Crippen molar-refractivity contribution >= 4 is 0 Å². The summed E-state index contributed by atoms with van der Waals surface area (Å²) in [6.07, 6.45) is -0.583. The molecule has 1 aliphatic rings. The van der Waals surface area contributed by atoms with Crippen LogP contribution >= 0.6 is 0 Å². The van der Waals surface area contributed by atoms with Crippen LogP contribution in [0.25, 0.3) is 0 Å². The van der Waals surface area contributed by atoms with Crippen LogP contribution in [0.3, 0.4) is 0 Å². The Morgan fingerprint density at radius 2 is 2.12 bits per heavy atom. The number of nitrogens with zero attached hydrogens (tertiary/aromatic N) is 1. The Hall–Kier alpha value is -0.110. The van der Waals surface area contributed by atoms with Crippen molar-refractivity contribution in [3.63, 3.8) is 0 Å². The molecule has 1 unspecified atom stereocenters. The van der Waals surface area contributed by atoms with E-state index in [0.29, 0.717) is 6.54 Å². The lowest BCUT2D eigenvalue weighted by molar-refractivity contribution is 0.289. The average molecular weight is 117 g/mol. The highest BCUT2D eigenvalue weighted by atomic mass is 19.1. The summed E-state index contributed by atoms with van der Waals surface area (Å²) < 4.78 is 12.5. The maximum Gasteiger partial charge on any atom is 0.116 e. The predicted octanol–water partition coefficient (Wildman–Crippen LogP) is 0.906. The van der Waals surface area contributed by atoms with Gasteiger partial charge in [0.25, 0.3) is 0 Å². The molecule has 1 aliphatic heterocycles. The largest absolute Gasteiger partial charge is 0.303 e. The second-order valence-corrected chi connectivity index (χ2v) is 2.71. The van der Waals surface area contributed by atoms with Crippen LogP contribution in [0.15, 0.2) is 0 Å². The number of hydrogen-bond donors (Lipinski definition) is 0. The molecule has 0 radical (unpaired) electrons. The quantitative estimate of drug-likeness (QED) is 0.455. The van der Waals surface area contributed by atoms with E-state index in [9.17, 15) is 4.39 Å². The van der Waals surface area contributed by atoms with Gasteiger partial charge >= 0.3 is 0 Å². The molecule has 0 bridgehead atoms. The first-order valence-corrected chi connectivity index (χ1v) is 3.03. The molecule has 2 atom stereocenters. The monoisotopic (exact) mass is 117 g/mol. The Morgan fingerprint density at radius 3 is 2.25 bits per heavy atom. The zero-order chi connectivity index (χ0) is 6.15. The number of hydrogen-bond acceptors (Lipinski definition) is 1. The minimum Gasteiger partial charge on any atom is -0.303 e. The Labute approximate surface area is 49.5 Å². The van der Waals surface area contributed by atoms with Gasteiger partial charge in [-0.3, -0.25) is 0 Å². The maximum absolute atomic E-state index is 12.5. The van der Waals surface area contributed by atoms with Crippen LogP contribution in [-0.4, -0.2) is 31.2 Å². The normalized spacial score (nSPS) is 40.9.